The Morgan fingerprint density at radius 2 is 1.89 bits per heavy atom. The number of ether oxygens (including phenoxy) is 1. The van der Waals surface area contributed by atoms with E-state index >= 15 is 0 Å². The molecular formula is C21H25N5O2. The summed E-state index contributed by atoms with van der Waals surface area (Å²) in [6.45, 7) is 7.32. The predicted octanol–water partition coefficient (Wildman–Crippen LogP) is 3.74. The van der Waals surface area contributed by atoms with Crippen molar-refractivity contribution in [3.05, 3.63) is 66.2 Å². The lowest BCUT2D eigenvalue weighted by Gasteiger charge is -2.15. The molecular weight excluding hydrogens is 354 g/mol. The lowest BCUT2D eigenvalue weighted by Crippen LogP contribution is -2.16. The number of aromatic nitrogens is 3. The third-order valence-corrected chi connectivity index (χ3v) is 4.02. The normalized spacial score (nSPS) is 10.7. The van der Waals surface area contributed by atoms with Crippen LogP contribution in [-0.4, -0.2) is 33.3 Å². The van der Waals surface area contributed by atoms with Gasteiger partial charge >= 0.3 is 0 Å². The van der Waals surface area contributed by atoms with Gasteiger partial charge in [0.1, 0.15) is 18.4 Å². The molecule has 0 aliphatic rings. The molecule has 3 aromatic rings. The summed E-state index contributed by atoms with van der Waals surface area (Å²) < 4.78 is 7.56. The van der Waals surface area contributed by atoms with Crippen molar-refractivity contribution in [1.82, 2.24) is 14.8 Å². The van der Waals surface area contributed by atoms with Gasteiger partial charge in [-0.2, -0.15) is 5.10 Å². The molecule has 0 spiro atoms. The topological polar surface area (TPSA) is 81.1 Å². The zero-order chi connectivity index (χ0) is 19.9. The monoisotopic (exact) mass is 379 g/mol. The fraction of sp³-hybridized carbons (Fsp3) is 0.286. The second-order valence-corrected chi connectivity index (χ2v) is 6.78. The standard InChI is InChI=1S/C21H25N5O2/c1-15(2)28-20-12-16(3)4-9-19(20)21(27)25-18-7-5-17(6-8-18)23-10-11-26-14-22-13-24-26/h4-9,12-15,23H,10-11H2,1-3H3,(H,25,27). The Morgan fingerprint density at radius 3 is 2.57 bits per heavy atom. The number of nitrogens with zero attached hydrogens (tertiary/aromatic N) is 3. The van der Waals surface area contributed by atoms with Crippen LogP contribution < -0.4 is 15.4 Å². The van der Waals surface area contributed by atoms with Gasteiger partial charge in [-0.3, -0.25) is 9.48 Å². The van der Waals surface area contributed by atoms with Crippen LogP contribution in [0.4, 0.5) is 11.4 Å². The third-order valence-electron chi connectivity index (χ3n) is 4.02. The van der Waals surface area contributed by atoms with E-state index in [1.54, 1.807) is 17.1 Å². The molecule has 2 aromatic carbocycles. The summed E-state index contributed by atoms with van der Waals surface area (Å²) in [5.74, 6) is 0.404. The first kappa shape index (κ1) is 19.4. The molecule has 0 atom stereocenters. The van der Waals surface area contributed by atoms with E-state index in [1.807, 2.05) is 57.2 Å². The van der Waals surface area contributed by atoms with Crippen LogP contribution in [0.15, 0.2) is 55.1 Å². The zero-order valence-corrected chi connectivity index (χ0v) is 16.3. The van der Waals surface area contributed by atoms with Gasteiger partial charge in [-0.05, 0) is 62.7 Å². The van der Waals surface area contributed by atoms with E-state index in [0.29, 0.717) is 11.3 Å². The van der Waals surface area contributed by atoms with Crippen molar-refractivity contribution >= 4 is 17.3 Å². The lowest BCUT2D eigenvalue weighted by atomic mass is 10.1. The van der Waals surface area contributed by atoms with Crippen molar-refractivity contribution in [3.8, 4) is 5.75 Å². The number of nitrogens with one attached hydrogen (secondary N) is 2. The maximum Gasteiger partial charge on any atom is 0.259 e. The molecule has 1 heterocycles. The van der Waals surface area contributed by atoms with Crippen LogP contribution >= 0.6 is 0 Å². The van der Waals surface area contributed by atoms with E-state index < -0.39 is 0 Å². The maximum absolute atomic E-state index is 12.7. The number of hydrogen-bond acceptors (Lipinski definition) is 5. The van der Waals surface area contributed by atoms with E-state index in [0.717, 1.165) is 30.0 Å². The molecule has 28 heavy (non-hydrogen) atoms. The Kier molecular flexibility index (Phi) is 6.26. The van der Waals surface area contributed by atoms with Gasteiger partial charge in [0, 0.05) is 17.9 Å². The molecule has 7 heteroatoms. The Bertz CT molecular complexity index is 905. The number of carbonyl (C=O) groups is 1. The van der Waals surface area contributed by atoms with Crippen LogP contribution in [0.3, 0.4) is 0 Å². The molecule has 0 aliphatic heterocycles. The molecule has 0 fully saturated rings. The first-order valence-corrected chi connectivity index (χ1v) is 9.26. The highest BCUT2D eigenvalue weighted by atomic mass is 16.5. The highest BCUT2D eigenvalue weighted by Gasteiger charge is 2.14. The van der Waals surface area contributed by atoms with Crippen LogP contribution in [0.5, 0.6) is 5.75 Å². The Hall–Kier alpha value is -3.35. The van der Waals surface area contributed by atoms with Crippen molar-refractivity contribution in [2.24, 2.45) is 0 Å². The summed E-state index contributed by atoms with van der Waals surface area (Å²) in [6, 6.07) is 13.2. The second kappa shape index (κ2) is 9.03. The quantitative estimate of drug-likeness (QED) is 0.623. The van der Waals surface area contributed by atoms with Crippen molar-refractivity contribution in [3.63, 3.8) is 0 Å². The molecule has 0 saturated heterocycles. The number of hydrogen-bond donors (Lipinski definition) is 2. The van der Waals surface area contributed by atoms with Crippen LogP contribution in [0.2, 0.25) is 0 Å². The minimum absolute atomic E-state index is 0.00349. The number of aryl methyl sites for hydroxylation is 1. The highest BCUT2D eigenvalue weighted by molar-refractivity contribution is 6.06. The zero-order valence-electron chi connectivity index (χ0n) is 16.3. The largest absolute Gasteiger partial charge is 0.490 e. The van der Waals surface area contributed by atoms with Crippen molar-refractivity contribution in [2.75, 3.05) is 17.2 Å². The average molecular weight is 379 g/mol. The SMILES string of the molecule is Cc1ccc(C(=O)Nc2ccc(NCCn3cncn3)cc2)c(OC(C)C)c1. The fourth-order valence-electron chi connectivity index (χ4n) is 2.70. The Balaban J connectivity index is 1.60. The smallest absolute Gasteiger partial charge is 0.259 e. The van der Waals surface area contributed by atoms with Crippen LogP contribution in [0.25, 0.3) is 0 Å². The third kappa shape index (κ3) is 5.33. The second-order valence-electron chi connectivity index (χ2n) is 6.78. The van der Waals surface area contributed by atoms with Crippen LogP contribution in [0, 0.1) is 6.92 Å². The summed E-state index contributed by atoms with van der Waals surface area (Å²) in [7, 11) is 0. The molecule has 0 saturated carbocycles. The molecule has 0 radical (unpaired) electrons. The summed E-state index contributed by atoms with van der Waals surface area (Å²) in [4.78, 5) is 16.6. The molecule has 146 valence electrons. The fourth-order valence-corrected chi connectivity index (χ4v) is 2.70. The number of anilines is 2. The van der Waals surface area contributed by atoms with Crippen LogP contribution in [-0.2, 0) is 6.54 Å². The molecule has 0 unspecified atom stereocenters. The summed E-state index contributed by atoms with van der Waals surface area (Å²) in [5.41, 5.74) is 3.27. The number of benzene rings is 2. The van der Waals surface area contributed by atoms with Gasteiger partial charge in [0.2, 0.25) is 0 Å². The van der Waals surface area contributed by atoms with Gasteiger partial charge in [-0.15, -0.1) is 0 Å². The lowest BCUT2D eigenvalue weighted by molar-refractivity contribution is 0.102. The van der Waals surface area contributed by atoms with Crippen LogP contribution in [0.1, 0.15) is 29.8 Å². The minimum Gasteiger partial charge on any atom is -0.490 e. The van der Waals surface area contributed by atoms with Crippen molar-refractivity contribution in [1.29, 1.82) is 0 Å². The van der Waals surface area contributed by atoms with E-state index in [1.165, 1.54) is 6.33 Å². The highest BCUT2D eigenvalue weighted by Crippen LogP contribution is 2.23. The van der Waals surface area contributed by atoms with E-state index in [9.17, 15) is 4.79 Å². The van der Waals surface area contributed by atoms with Crippen molar-refractivity contribution < 1.29 is 9.53 Å². The molecule has 0 bridgehead atoms. The summed E-state index contributed by atoms with van der Waals surface area (Å²) >= 11 is 0. The van der Waals surface area contributed by atoms with Gasteiger partial charge in [-0.25, -0.2) is 4.98 Å². The molecule has 2 N–H and O–H groups in total. The van der Waals surface area contributed by atoms with Gasteiger partial charge in [0.05, 0.1) is 18.2 Å². The van der Waals surface area contributed by atoms with Gasteiger partial charge in [0.25, 0.3) is 5.91 Å². The number of rotatable bonds is 8. The van der Waals surface area contributed by atoms with E-state index in [-0.39, 0.29) is 12.0 Å². The predicted molar refractivity (Wildman–Crippen MR) is 110 cm³/mol. The summed E-state index contributed by atoms with van der Waals surface area (Å²) in [6.07, 6.45) is 3.20. The minimum atomic E-state index is -0.192. The van der Waals surface area contributed by atoms with E-state index in [4.69, 9.17) is 4.74 Å². The molecule has 3 rings (SSSR count). The maximum atomic E-state index is 12.7. The van der Waals surface area contributed by atoms with E-state index in [2.05, 4.69) is 20.7 Å². The molecule has 7 nitrogen and oxygen atoms in total. The number of amides is 1. The van der Waals surface area contributed by atoms with Gasteiger partial charge in [0.15, 0.2) is 0 Å². The molecule has 0 aliphatic carbocycles. The molecule has 1 aromatic heterocycles. The van der Waals surface area contributed by atoms with Gasteiger partial charge < -0.3 is 15.4 Å². The Morgan fingerprint density at radius 1 is 1.14 bits per heavy atom. The average Bonchev–Trinajstić information content (AvgIpc) is 3.16. The van der Waals surface area contributed by atoms with Crippen molar-refractivity contribution in [2.45, 2.75) is 33.4 Å². The number of carbonyl (C=O) groups excluding carboxylic acids is 1. The van der Waals surface area contributed by atoms with Gasteiger partial charge in [-0.1, -0.05) is 6.07 Å². The first-order valence-electron chi connectivity index (χ1n) is 9.26. The summed E-state index contributed by atoms with van der Waals surface area (Å²) in [5, 5.41) is 10.3. The molecule has 1 amide bonds. The first-order chi connectivity index (χ1) is 13.5. The Labute approximate surface area is 164 Å².